The van der Waals surface area contributed by atoms with Crippen molar-refractivity contribution in [3.63, 3.8) is 0 Å². The van der Waals surface area contributed by atoms with E-state index in [4.69, 9.17) is 5.11 Å². The van der Waals surface area contributed by atoms with Crippen molar-refractivity contribution in [2.24, 2.45) is 5.92 Å². The van der Waals surface area contributed by atoms with Crippen LogP contribution in [-0.4, -0.2) is 20.5 Å². The molecule has 3 nitrogen and oxygen atoms in total. The zero-order valence-electron chi connectivity index (χ0n) is 11.3. The van der Waals surface area contributed by atoms with Gasteiger partial charge in [-0.2, -0.15) is 0 Å². The minimum Gasteiger partial charge on any atom is -0.481 e. The molecule has 1 aromatic rings. The van der Waals surface area contributed by atoms with E-state index < -0.39 is 22.7 Å². The smallest absolute Gasteiger partial charge is 0.307 e. The fourth-order valence-electron chi connectivity index (χ4n) is 1.88. The van der Waals surface area contributed by atoms with Crippen LogP contribution in [-0.2, 0) is 21.3 Å². The molecule has 1 aromatic carbocycles. The van der Waals surface area contributed by atoms with Gasteiger partial charge < -0.3 is 5.11 Å². The summed E-state index contributed by atoms with van der Waals surface area (Å²) in [6, 6.07) is 6.07. The van der Waals surface area contributed by atoms with Gasteiger partial charge in [-0.05, 0) is 26.3 Å². The Balaban J connectivity index is 2.78. The first-order valence-electron chi connectivity index (χ1n) is 5.98. The third-order valence-corrected chi connectivity index (χ3v) is 4.95. The lowest BCUT2D eigenvalue weighted by Gasteiger charge is -2.16. The minimum absolute atomic E-state index is 0.344. The number of aryl methyl sites for hydroxylation is 2. The van der Waals surface area contributed by atoms with Gasteiger partial charge in [0, 0.05) is 21.8 Å². The van der Waals surface area contributed by atoms with Gasteiger partial charge in [-0.15, -0.1) is 0 Å². The van der Waals surface area contributed by atoms with Crippen molar-refractivity contribution in [2.75, 3.05) is 0 Å². The van der Waals surface area contributed by atoms with Crippen molar-refractivity contribution in [2.45, 2.75) is 38.7 Å². The van der Waals surface area contributed by atoms with Crippen LogP contribution in [0.2, 0.25) is 0 Å². The molecular weight excluding hydrogens is 248 g/mol. The normalized spacial score (nSPS) is 16.0. The van der Waals surface area contributed by atoms with Gasteiger partial charge in [0.1, 0.15) is 0 Å². The Kier molecular flexibility index (Phi) is 5.08. The number of hydrogen-bond donors (Lipinski definition) is 1. The molecule has 3 atom stereocenters. The predicted molar refractivity (Wildman–Crippen MR) is 74.0 cm³/mol. The molecule has 0 amide bonds. The van der Waals surface area contributed by atoms with Gasteiger partial charge in [0.25, 0.3) is 0 Å². The number of aliphatic carboxylic acids is 1. The monoisotopic (exact) mass is 268 g/mol. The lowest BCUT2D eigenvalue weighted by molar-refractivity contribution is -0.141. The average molecular weight is 268 g/mol. The van der Waals surface area contributed by atoms with E-state index in [-0.39, 0.29) is 5.25 Å². The quantitative estimate of drug-likeness (QED) is 0.893. The fourth-order valence-corrected chi connectivity index (χ4v) is 3.21. The van der Waals surface area contributed by atoms with E-state index in [9.17, 15) is 9.00 Å². The Morgan fingerprint density at radius 3 is 2.17 bits per heavy atom. The molecule has 0 radical (unpaired) electrons. The van der Waals surface area contributed by atoms with E-state index in [1.807, 2.05) is 26.0 Å². The first-order valence-corrected chi connectivity index (χ1v) is 7.36. The molecule has 0 aliphatic heterocycles. The molecule has 1 rings (SSSR count). The number of carboxylic acid groups (broad SMARTS) is 1. The van der Waals surface area contributed by atoms with Gasteiger partial charge in [-0.1, -0.05) is 36.2 Å². The predicted octanol–water partition coefficient (Wildman–Crippen LogP) is 2.66. The summed E-state index contributed by atoms with van der Waals surface area (Å²) in [5, 5.41) is 8.58. The summed E-state index contributed by atoms with van der Waals surface area (Å²) in [5.41, 5.74) is 3.29. The lowest BCUT2D eigenvalue weighted by Crippen LogP contribution is -2.27. The van der Waals surface area contributed by atoms with Crippen molar-refractivity contribution < 1.29 is 14.1 Å². The van der Waals surface area contributed by atoms with Crippen LogP contribution < -0.4 is 0 Å². The van der Waals surface area contributed by atoms with Crippen molar-refractivity contribution in [3.8, 4) is 0 Å². The SMILES string of the molecule is Cc1cc(C)cc(CS(=O)C(C)C(C)C(=O)O)c1. The standard InChI is InChI=1S/C14H20O3S/c1-9-5-10(2)7-13(6-9)8-18(17)12(4)11(3)14(15)16/h5-7,11-12H,8H2,1-4H3,(H,15,16). The van der Waals surface area contributed by atoms with Crippen LogP contribution in [0.3, 0.4) is 0 Å². The van der Waals surface area contributed by atoms with Crippen LogP contribution in [0.15, 0.2) is 18.2 Å². The number of hydrogen-bond acceptors (Lipinski definition) is 2. The zero-order chi connectivity index (χ0) is 13.9. The molecule has 100 valence electrons. The summed E-state index contributed by atoms with van der Waals surface area (Å²) in [6.45, 7) is 7.34. The largest absolute Gasteiger partial charge is 0.481 e. The maximum atomic E-state index is 12.1. The van der Waals surface area contributed by atoms with Gasteiger partial charge in [0.05, 0.1) is 5.92 Å². The van der Waals surface area contributed by atoms with Gasteiger partial charge >= 0.3 is 5.97 Å². The summed E-state index contributed by atoms with van der Waals surface area (Å²) in [7, 11) is -1.16. The van der Waals surface area contributed by atoms with Crippen molar-refractivity contribution >= 4 is 16.8 Å². The number of benzene rings is 1. The third-order valence-electron chi connectivity index (χ3n) is 3.10. The first-order chi connectivity index (χ1) is 8.31. The molecule has 4 heteroatoms. The molecule has 0 aliphatic carbocycles. The van der Waals surface area contributed by atoms with Gasteiger partial charge in [-0.25, -0.2) is 0 Å². The second kappa shape index (κ2) is 6.14. The fraction of sp³-hybridized carbons (Fsp3) is 0.500. The molecule has 0 spiro atoms. The van der Waals surface area contributed by atoms with E-state index in [0.29, 0.717) is 5.75 Å². The van der Waals surface area contributed by atoms with E-state index in [0.717, 1.165) is 16.7 Å². The van der Waals surface area contributed by atoms with Crippen molar-refractivity contribution in [1.82, 2.24) is 0 Å². The molecule has 0 saturated heterocycles. The number of carboxylic acids is 1. The molecule has 18 heavy (non-hydrogen) atoms. The van der Waals surface area contributed by atoms with Crippen LogP contribution >= 0.6 is 0 Å². The summed E-state index contributed by atoms with van der Waals surface area (Å²) in [4.78, 5) is 10.9. The average Bonchev–Trinajstić information content (AvgIpc) is 2.25. The van der Waals surface area contributed by atoms with Gasteiger partial charge in [-0.3, -0.25) is 9.00 Å². The molecule has 0 heterocycles. The van der Waals surface area contributed by atoms with Crippen LogP contribution in [0.4, 0.5) is 0 Å². The third kappa shape index (κ3) is 3.95. The Hall–Kier alpha value is -1.16. The number of carbonyl (C=O) groups is 1. The second-order valence-electron chi connectivity index (χ2n) is 4.85. The highest BCUT2D eigenvalue weighted by Crippen LogP contribution is 2.16. The van der Waals surface area contributed by atoms with E-state index in [1.165, 1.54) is 0 Å². The number of rotatable bonds is 5. The van der Waals surface area contributed by atoms with E-state index in [1.54, 1.807) is 13.8 Å². The van der Waals surface area contributed by atoms with E-state index in [2.05, 4.69) is 6.07 Å². The summed E-state index contributed by atoms with van der Waals surface area (Å²) in [6.07, 6.45) is 0. The van der Waals surface area contributed by atoms with Crippen molar-refractivity contribution in [3.05, 3.63) is 34.9 Å². The van der Waals surface area contributed by atoms with Gasteiger partial charge in [0.15, 0.2) is 0 Å². The van der Waals surface area contributed by atoms with Crippen LogP contribution in [0.25, 0.3) is 0 Å². The Labute approximate surface area is 111 Å². The first kappa shape index (κ1) is 14.9. The molecule has 0 saturated carbocycles. The van der Waals surface area contributed by atoms with Crippen LogP contribution in [0.1, 0.15) is 30.5 Å². The Morgan fingerprint density at radius 1 is 1.22 bits per heavy atom. The second-order valence-corrected chi connectivity index (χ2v) is 6.65. The maximum absolute atomic E-state index is 12.1. The molecule has 0 aliphatic rings. The van der Waals surface area contributed by atoms with Crippen LogP contribution in [0, 0.1) is 19.8 Å². The molecular formula is C14H20O3S. The Morgan fingerprint density at radius 2 is 1.72 bits per heavy atom. The maximum Gasteiger partial charge on any atom is 0.307 e. The van der Waals surface area contributed by atoms with Crippen molar-refractivity contribution in [1.29, 1.82) is 0 Å². The van der Waals surface area contributed by atoms with Gasteiger partial charge in [0.2, 0.25) is 0 Å². The molecule has 3 unspecified atom stereocenters. The topological polar surface area (TPSA) is 54.4 Å². The van der Waals surface area contributed by atoms with Crippen LogP contribution in [0.5, 0.6) is 0 Å². The summed E-state index contributed by atoms with van der Waals surface area (Å²) >= 11 is 0. The minimum atomic E-state index is -1.16. The highest BCUT2D eigenvalue weighted by atomic mass is 32.2. The summed E-state index contributed by atoms with van der Waals surface area (Å²) in [5.74, 6) is -1.06. The highest BCUT2D eigenvalue weighted by molar-refractivity contribution is 7.84. The summed E-state index contributed by atoms with van der Waals surface area (Å²) < 4.78 is 12.1. The lowest BCUT2D eigenvalue weighted by atomic mass is 10.1. The molecule has 1 N–H and O–H groups in total. The molecule has 0 aromatic heterocycles. The van der Waals surface area contributed by atoms with E-state index >= 15 is 0 Å². The highest BCUT2D eigenvalue weighted by Gasteiger charge is 2.24. The molecule has 0 fully saturated rings. The molecule has 0 bridgehead atoms. The Bertz CT molecular complexity index is 448. The zero-order valence-corrected chi connectivity index (χ0v) is 12.1.